The van der Waals surface area contributed by atoms with Crippen molar-refractivity contribution in [3.05, 3.63) is 0 Å². The van der Waals surface area contributed by atoms with E-state index in [0.717, 1.165) is 24.8 Å². The standard InChI is InChI=1S/C15H30N2OS/c1-6-12-9-17(7-8-19-12)15(11-16)10-13(2,3)18-14(15,4)5/h12H,6-11,16H2,1-5H3. The highest BCUT2D eigenvalue weighted by molar-refractivity contribution is 8.00. The summed E-state index contributed by atoms with van der Waals surface area (Å²) >= 11 is 2.11. The third kappa shape index (κ3) is 2.69. The Morgan fingerprint density at radius 2 is 2.00 bits per heavy atom. The molecule has 2 fully saturated rings. The number of nitrogens with two attached hydrogens (primary N) is 1. The van der Waals surface area contributed by atoms with Gasteiger partial charge in [0, 0.05) is 30.6 Å². The lowest BCUT2D eigenvalue weighted by atomic mass is 9.77. The van der Waals surface area contributed by atoms with Gasteiger partial charge in [-0.05, 0) is 40.5 Å². The predicted octanol–water partition coefficient (Wildman–Crippen LogP) is 2.49. The first-order valence-electron chi connectivity index (χ1n) is 7.53. The Kier molecular flexibility index (Phi) is 4.28. The molecule has 0 saturated carbocycles. The molecule has 0 aromatic carbocycles. The molecule has 4 heteroatoms. The van der Waals surface area contributed by atoms with Crippen LogP contribution in [0, 0.1) is 0 Å². The summed E-state index contributed by atoms with van der Waals surface area (Å²) in [5, 5.41) is 0.747. The smallest absolute Gasteiger partial charge is 0.0830 e. The molecule has 0 bridgehead atoms. The zero-order valence-electron chi connectivity index (χ0n) is 13.2. The fraction of sp³-hybridized carbons (Fsp3) is 1.00. The first-order chi connectivity index (χ1) is 8.76. The summed E-state index contributed by atoms with van der Waals surface area (Å²) < 4.78 is 6.34. The van der Waals surface area contributed by atoms with Gasteiger partial charge in [-0.1, -0.05) is 6.92 Å². The summed E-state index contributed by atoms with van der Waals surface area (Å²) in [6.07, 6.45) is 2.27. The van der Waals surface area contributed by atoms with Crippen LogP contribution in [0.2, 0.25) is 0 Å². The fourth-order valence-electron chi connectivity index (χ4n) is 4.03. The molecular formula is C15H30N2OS. The Balaban J connectivity index is 2.27. The first-order valence-corrected chi connectivity index (χ1v) is 8.58. The molecular weight excluding hydrogens is 256 g/mol. The maximum Gasteiger partial charge on any atom is 0.0830 e. The Hall–Kier alpha value is 0.230. The van der Waals surface area contributed by atoms with Crippen LogP contribution < -0.4 is 5.73 Å². The van der Waals surface area contributed by atoms with Crippen molar-refractivity contribution in [1.29, 1.82) is 0 Å². The van der Waals surface area contributed by atoms with Crippen LogP contribution in [0.3, 0.4) is 0 Å². The SMILES string of the molecule is CCC1CN(C2(CN)CC(C)(C)OC2(C)C)CCS1. The molecule has 2 rings (SSSR count). The molecule has 0 aromatic rings. The van der Waals surface area contributed by atoms with Gasteiger partial charge in [0.05, 0.1) is 16.7 Å². The number of hydrogen-bond acceptors (Lipinski definition) is 4. The van der Waals surface area contributed by atoms with Crippen LogP contribution in [-0.4, -0.2) is 52.3 Å². The van der Waals surface area contributed by atoms with Crippen LogP contribution in [0.4, 0.5) is 0 Å². The van der Waals surface area contributed by atoms with Crippen LogP contribution in [-0.2, 0) is 4.74 Å². The van der Waals surface area contributed by atoms with Gasteiger partial charge in [0.15, 0.2) is 0 Å². The molecule has 2 heterocycles. The number of hydrogen-bond donors (Lipinski definition) is 1. The highest BCUT2D eigenvalue weighted by Crippen LogP contribution is 2.48. The normalized spacial score (nSPS) is 38.5. The van der Waals surface area contributed by atoms with Crippen molar-refractivity contribution in [3.63, 3.8) is 0 Å². The number of nitrogens with zero attached hydrogens (tertiary/aromatic N) is 1. The van der Waals surface area contributed by atoms with Gasteiger partial charge in [-0.2, -0.15) is 11.8 Å². The lowest BCUT2D eigenvalue weighted by molar-refractivity contribution is -0.103. The van der Waals surface area contributed by atoms with E-state index in [2.05, 4.69) is 51.3 Å². The number of thioether (sulfide) groups is 1. The zero-order valence-corrected chi connectivity index (χ0v) is 14.0. The topological polar surface area (TPSA) is 38.5 Å². The zero-order chi connectivity index (χ0) is 14.3. The largest absolute Gasteiger partial charge is 0.368 e. The van der Waals surface area contributed by atoms with Gasteiger partial charge in [0.2, 0.25) is 0 Å². The average Bonchev–Trinajstić information content (AvgIpc) is 2.54. The van der Waals surface area contributed by atoms with E-state index < -0.39 is 0 Å². The van der Waals surface area contributed by atoms with Crippen LogP contribution in [0.5, 0.6) is 0 Å². The maximum absolute atomic E-state index is 6.34. The molecule has 2 unspecified atom stereocenters. The fourth-order valence-corrected chi connectivity index (χ4v) is 5.21. The summed E-state index contributed by atoms with van der Waals surface area (Å²) in [7, 11) is 0. The molecule has 112 valence electrons. The molecule has 2 N–H and O–H groups in total. The quantitative estimate of drug-likeness (QED) is 0.865. The van der Waals surface area contributed by atoms with E-state index >= 15 is 0 Å². The molecule has 0 aromatic heterocycles. The Labute approximate surface area is 122 Å². The van der Waals surface area contributed by atoms with E-state index in [0.29, 0.717) is 6.54 Å². The van der Waals surface area contributed by atoms with Crippen molar-refractivity contribution in [3.8, 4) is 0 Å². The number of rotatable bonds is 3. The van der Waals surface area contributed by atoms with Gasteiger partial charge >= 0.3 is 0 Å². The Morgan fingerprint density at radius 1 is 1.32 bits per heavy atom. The molecule has 0 radical (unpaired) electrons. The molecule has 0 spiro atoms. The molecule has 3 nitrogen and oxygen atoms in total. The molecule has 0 amide bonds. The summed E-state index contributed by atoms with van der Waals surface area (Å²) in [4.78, 5) is 2.63. The van der Waals surface area contributed by atoms with Gasteiger partial charge in [0.1, 0.15) is 0 Å². The van der Waals surface area contributed by atoms with E-state index in [9.17, 15) is 0 Å². The molecule has 2 atom stereocenters. The van der Waals surface area contributed by atoms with E-state index in [1.165, 1.54) is 12.2 Å². The second-order valence-electron chi connectivity index (χ2n) is 7.13. The highest BCUT2D eigenvalue weighted by atomic mass is 32.2. The third-order valence-corrected chi connectivity index (χ3v) is 6.28. The Morgan fingerprint density at radius 3 is 2.47 bits per heavy atom. The first kappa shape index (κ1) is 15.6. The van der Waals surface area contributed by atoms with Crippen molar-refractivity contribution in [2.24, 2.45) is 5.73 Å². The van der Waals surface area contributed by atoms with Crippen LogP contribution in [0.1, 0.15) is 47.5 Å². The monoisotopic (exact) mass is 286 g/mol. The lowest BCUT2D eigenvalue weighted by Gasteiger charge is -2.50. The van der Waals surface area contributed by atoms with E-state index in [1.54, 1.807) is 0 Å². The molecule has 2 saturated heterocycles. The molecule has 19 heavy (non-hydrogen) atoms. The maximum atomic E-state index is 6.34. The van der Waals surface area contributed by atoms with E-state index in [1.807, 2.05) is 0 Å². The summed E-state index contributed by atoms with van der Waals surface area (Å²) in [5.74, 6) is 1.22. The minimum atomic E-state index is -0.175. The van der Waals surface area contributed by atoms with Crippen molar-refractivity contribution < 1.29 is 4.74 Å². The second-order valence-corrected chi connectivity index (χ2v) is 8.54. The van der Waals surface area contributed by atoms with Crippen LogP contribution >= 0.6 is 11.8 Å². The Bertz CT molecular complexity index is 332. The average molecular weight is 286 g/mol. The molecule has 2 aliphatic heterocycles. The van der Waals surface area contributed by atoms with Gasteiger partial charge < -0.3 is 10.5 Å². The van der Waals surface area contributed by atoms with Crippen molar-refractivity contribution in [2.45, 2.75) is 69.5 Å². The van der Waals surface area contributed by atoms with Gasteiger partial charge in [-0.3, -0.25) is 4.90 Å². The second kappa shape index (κ2) is 5.21. The lowest BCUT2D eigenvalue weighted by Crippen LogP contribution is -2.65. The van der Waals surface area contributed by atoms with Crippen molar-refractivity contribution in [1.82, 2.24) is 4.90 Å². The van der Waals surface area contributed by atoms with Gasteiger partial charge in [-0.25, -0.2) is 0 Å². The van der Waals surface area contributed by atoms with Crippen molar-refractivity contribution >= 4 is 11.8 Å². The molecule has 0 aliphatic carbocycles. The van der Waals surface area contributed by atoms with E-state index in [4.69, 9.17) is 10.5 Å². The van der Waals surface area contributed by atoms with Crippen LogP contribution in [0.25, 0.3) is 0 Å². The van der Waals surface area contributed by atoms with Crippen LogP contribution in [0.15, 0.2) is 0 Å². The van der Waals surface area contributed by atoms with E-state index in [-0.39, 0.29) is 16.7 Å². The van der Waals surface area contributed by atoms with Crippen molar-refractivity contribution in [2.75, 3.05) is 25.4 Å². The minimum absolute atomic E-state index is 0.00903. The van der Waals surface area contributed by atoms with Gasteiger partial charge in [0.25, 0.3) is 0 Å². The number of ether oxygens (including phenoxy) is 1. The van der Waals surface area contributed by atoms with Gasteiger partial charge in [-0.15, -0.1) is 0 Å². The minimum Gasteiger partial charge on any atom is -0.368 e. The highest BCUT2D eigenvalue weighted by Gasteiger charge is 2.59. The summed E-state index contributed by atoms with van der Waals surface area (Å²) in [6.45, 7) is 14.1. The summed E-state index contributed by atoms with van der Waals surface area (Å²) in [5.41, 5.74) is 6.00. The molecule has 2 aliphatic rings. The third-order valence-electron chi connectivity index (χ3n) is 4.91. The predicted molar refractivity (Wildman–Crippen MR) is 83.8 cm³/mol. The summed E-state index contributed by atoms with van der Waals surface area (Å²) in [6, 6.07) is 0.